The second-order valence-corrected chi connectivity index (χ2v) is 11.0. The third-order valence-corrected chi connectivity index (χ3v) is 8.28. The maximum atomic E-state index is 12.6. The Balaban J connectivity index is 1.45. The van der Waals surface area contributed by atoms with Gasteiger partial charge >= 0.3 is 5.97 Å². The quantitative estimate of drug-likeness (QED) is 0.395. The van der Waals surface area contributed by atoms with E-state index in [4.69, 9.17) is 4.74 Å². The van der Waals surface area contributed by atoms with Crippen molar-refractivity contribution >= 4 is 50.1 Å². The smallest absolute Gasteiger partial charge is 0.350 e. The summed E-state index contributed by atoms with van der Waals surface area (Å²) in [6.07, 6.45) is 2.55. The van der Waals surface area contributed by atoms with Crippen molar-refractivity contribution in [3.63, 3.8) is 0 Å². The molecule has 2 aromatic heterocycles. The number of sulfonamides is 1. The Morgan fingerprint density at radius 2 is 2.06 bits per heavy atom. The predicted octanol–water partition coefficient (Wildman–Crippen LogP) is 3.93. The highest BCUT2D eigenvalue weighted by Gasteiger charge is 2.25. The van der Waals surface area contributed by atoms with Gasteiger partial charge in [-0.1, -0.05) is 6.07 Å². The predicted molar refractivity (Wildman–Crippen MR) is 122 cm³/mol. The van der Waals surface area contributed by atoms with E-state index in [-0.39, 0.29) is 12.4 Å². The van der Waals surface area contributed by atoms with E-state index in [1.165, 1.54) is 33.2 Å². The SMILES string of the molecule is Cc1nc(-c2cccs2)sc1C(=O)OCC(=O)c1ccc2c(c1)CCCN2S(C)(=O)=O. The molecule has 10 heteroatoms. The van der Waals surface area contributed by atoms with Crippen molar-refractivity contribution in [2.75, 3.05) is 23.7 Å². The van der Waals surface area contributed by atoms with Gasteiger partial charge in [-0.15, -0.1) is 22.7 Å². The molecule has 0 atom stereocenters. The van der Waals surface area contributed by atoms with Gasteiger partial charge in [0.25, 0.3) is 0 Å². The van der Waals surface area contributed by atoms with Crippen LogP contribution in [0.1, 0.15) is 37.7 Å². The highest BCUT2D eigenvalue weighted by molar-refractivity contribution is 7.92. The van der Waals surface area contributed by atoms with E-state index >= 15 is 0 Å². The number of rotatable bonds is 6. The summed E-state index contributed by atoms with van der Waals surface area (Å²) in [6, 6.07) is 8.76. The molecule has 3 heterocycles. The van der Waals surface area contributed by atoms with Crippen molar-refractivity contribution in [3.8, 4) is 9.88 Å². The molecule has 0 saturated heterocycles. The first kappa shape index (κ1) is 21.7. The number of hydrogen-bond acceptors (Lipinski definition) is 8. The molecule has 3 aromatic rings. The number of aryl methyl sites for hydroxylation is 2. The number of carbonyl (C=O) groups is 2. The van der Waals surface area contributed by atoms with E-state index in [0.717, 1.165) is 15.4 Å². The van der Waals surface area contributed by atoms with Gasteiger partial charge in [0.2, 0.25) is 10.0 Å². The fourth-order valence-corrected chi connectivity index (χ4v) is 6.20. The van der Waals surface area contributed by atoms with Crippen LogP contribution in [0.4, 0.5) is 5.69 Å². The molecular formula is C21H20N2O5S3. The second-order valence-electron chi connectivity index (χ2n) is 7.19. The summed E-state index contributed by atoms with van der Waals surface area (Å²) < 4.78 is 30.6. The van der Waals surface area contributed by atoms with Crippen molar-refractivity contribution in [3.05, 3.63) is 57.4 Å². The lowest BCUT2D eigenvalue weighted by molar-refractivity contribution is 0.0478. The van der Waals surface area contributed by atoms with Crippen LogP contribution in [0.15, 0.2) is 35.7 Å². The van der Waals surface area contributed by atoms with Gasteiger partial charge in [0.1, 0.15) is 9.88 Å². The summed E-state index contributed by atoms with van der Waals surface area (Å²) in [6.45, 7) is 1.78. The minimum absolute atomic E-state index is 0.340. The molecule has 31 heavy (non-hydrogen) atoms. The number of benzene rings is 1. The Hall–Kier alpha value is -2.56. The lowest BCUT2D eigenvalue weighted by Gasteiger charge is -2.29. The van der Waals surface area contributed by atoms with Gasteiger partial charge in [-0.2, -0.15) is 0 Å². The zero-order valence-electron chi connectivity index (χ0n) is 17.0. The molecule has 0 aliphatic carbocycles. The van der Waals surface area contributed by atoms with Crippen molar-refractivity contribution in [1.29, 1.82) is 0 Å². The van der Waals surface area contributed by atoms with Crippen LogP contribution in [0.5, 0.6) is 0 Å². The van der Waals surface area contributed by atoms with Gasteiger partial charge in [-0.05, 0) is 55.0 Å². The van der Waals surface area contributed by atoms with Crippen molar-refractivity contribution in [1.82, 2.24) is 4.98 Å². The summed E-state index contributed by atoms with van der Waals surface area (Å²) in [5, 5.41) is 2.69. The summed E-state index contributed by atoms with van der Waals surface area (Å²) in [4.78, 5) is 30.9. The van der Waals surface area contributed by atoms with E-state index in [0.29, 0.717) is 41.2 Å². The maximum absolute atomic E-state index is 12.6. The lowest BCUT2D eigenvalue weighted by atomic mass is 9.99. The topological polar surface area (TPSA) is 93.6 Å². The van der Waals surface area contributed by atoms with Crippen LogP contribution < -0.4 is 4.31 Å². The van der Waals surface area contributed by atoms with Gasteiger partial charge < -0.3 is 4.74 Å². The van der Waals surface area contributed by atoms with Crippen LogP contribution in [0.2, 0.25) is 0 Å². The zero-order valence-corrected chi connectivity index (χ0v) is 19.4. The van der Waals surface area contributed by atoms with E-state index in [1.54, 1.807) is 25.1 Å². The first-order valence-corrected chi connectivity index (χ1v) is 13.1. The molecular weight excluding hydrogens is 456 g/mol. The molecule has 1 aromatic carbocycles. The van der Waals surface area contributed by atoms with Crippen LogP contribution in [-0.2, 0) is 21.2 Å². The summed E-state index contributed by atoms with van der Waals surface area (Å²) in [5.74, 6) is -0.916. The number of nitrogens with zero attached hydrogens (tertiary/aromatic N) is 2. The Kier molecular flexibility index (Phi) is 5.96. The molecule has 0 N–H and O–H groups in total. The van der Waals surface area contributed by atoms with Crippen LogP contribution in [0, 0.1) is 6.92 Å². The Bertz CT molecular complexity index is 1250. The van der Waals surface area contributed by atoms with Crippen LogP contribution >= 0.6 is 22.7 Å². The summed E-state index contributed by atoms with van der Waals surface area (Å²) in [7, 11) is -3.37. The fourth-order valence-electron chi connectivity index (χ4n) is 3.45. The van der Waals surface area contributed by atoms with Gasteiger partial charge in [0.15, 0.2) is 12.4 Å². The van der Waals surface area contributed by atoms with E-state index < -0.39 is 16.0 Å². The molecule has 0 amide bonds. The van der Waals surface area contributed by atoms with E-state index in [2.05, 4.69) is 4.98 Å². The fraction of sp³-hybridized carbons (Fsp3) is 0.286. The molecule has 0 bridgehead atoms. The molecule has 0 unspecified atom stereocenters. The molecule has 0 fully saturated rings. The number of esters is 1. The number of ketones is 1. The molecule has 7 nitrogen and oxygen atoms in total. The molecule has 1 aliphatic rings. The van der Waals surface area contributed by atoms with Crippen LogP contribution in [0.25, 0.3) is 9.88 Å². The largest absolute Gasteiger partial charge is 0.453 e. The standard InChI is InChI=1S/C21H20N2O5S3/c1-13-19(30-20(22-13)18-6-4-10-29-18)21(25)28-12-17(24)15-7-8-16-14(11-15)5-3-9-23(16)31(2,26)27/h4,6-8,10-11H,3,5,9,12H2,1-2H3. The van der Waals surface area contributed by atoms with Crippen molar-refractivity contribution in [2.45, 2.75) is 19.8 Å². The Morgan fingerprint density at radius 3 is 2.77 bits per heavy atom. The number of Topliss-reactive ketones (excluding diaryl/α,β-unsaturated/α-hetero) is 1. The number of aromatic nitrogens is 1. The third kappa shape index (κ3) is 4.56. The number of ether oxygens (including phenoxy) is 1. The van der Waals surface area contributed by atoms with E-state index in [1.807, 2.05) is 17.5 Å². The monoisotopic (exact) mass is 476 g/mol. The van der Waals surface area contributed by atoms with Gasteiger partial charge in [0, 0.05) is 12.1 Å². The minimum Gasteiger partial charge on any atom is -0.453 e. The highest BCUT2D eigenvalue weighted by Crippen LogP contribution is 2.32. The first-order valence-electron chi connectivity index (χ1n) is 9.56. The average Bonchev–Trinajstić information content (AvgIpc) is 3.40. The lowest BCUT2D eigenvalue weighted by Crippen LogP contribution is -2.34. The van der Waals surface area contributed by atoms with Crippen molar-refractivity contribution < 1.29 is 22.7 Å². The molecule has 162 valence electrons. The van der Waals surface area contributed by atoms with Crippen LogP contribution in [0.3, 0.4) is 0 Å². The molecule has 1 aliphatic heterocycles. The number of carbonyl (C=O) groups excluding carboxylic acids is 2. The maximum Gasteiger partial charge on any atom is 0.350 e. The second kappa shape index (κ2) is 8.52. The van der Waals surface area contributed by atoms with Crippen LogP contribution in [-0.4, -0.2) is 44.6 Å². The average molecular weight is 477 g/mol. The highest BCUT2D eigenvalue weighted by atomic mass is 32.2. The Morgan fingerprint density at radius 1 is 1.26 bits per heavy atom. The molecule has 4 rings (SSSR count). The minimum atomic E-state index is -3.37. The molecule has 0 saturated carbocycles. The van der Waals surface area contributed by atoms with Gasteiger partial charge in [-0.3, -0.25) is 9.10 Å². The number of hydrogen-bond donors (Lipinski definition) is 0. The number of thiazole rings is 1. The van der Waals surface area contributed by atoms with Crippen molar-refractivity contribution in [2.24, 2.45) is 0 Å². The molecule has 0 spiro atoms. The number of anilines is 1. The molecule has 0 radical (unpaired) electrons. The summed E-state index contributed by atoms with van der Waals surface area (Å²) >= 11 is 2.78. The Labute approximate surface area is 188 Å². The normalized spacial score (nSPS) is 13.7. The number of fused-ring (bicyclic) bond motifs is 1. The summed E-state index contributed by atoms with van der Waals surface area (Å²) in [5.41, 5.74) is 2.36. The first-order chi connectivity index (χ1) is 14.7. The third-order valence-electron chi connectivity index (χ3n) is 4.93. The van der Waals surface area contributed by atoms with Gasteiger partial charge in [0.05, 0.1) is 22.5 Å². The van der Waals surface area contributed by atoms with Gasteiger partial charge in [-0.25, -0.2) is 18.2 Å². The number of thiophene rings is 1. The van der Waals surface area contributed by atoms with E-state index in [9.17, 15) is 18.0 Å². The zero-order chi connectivity index (χ0) is 22.2.